The van der Waals surface area contributed by atoms with Gasteiger partial charge in [-0.3, -0.25) is 4.79 Å². The molecule has 6 heteroatoms. The third-order valence-corrected chi connectivity index (χ3v) is 5.11. The van der Waals surface area contributed by atoms with Crippen LogP contribution in [0, 0.1) is 11.7 Å². The summed E-state index contributed by atoms with van der Waals surface area (Å²) >= 11 is 0. The minimum absolute atomic E-state index is 0.0798. The maximum atomic E-state index is 13.4. The van der Waals surface area contributed by atoms with Gasteiger partial charge in [0, 0.05) is 38.1 Å². The first-order chi connectivity index (χ1) is 12.2. The van der Waals surface area contributed by atoms with Crippen LogP contribution in [-0.2, 0) is 11.2 Å². The van der Waals surface area contributed by atoms with Crippen LogP contribution >= 0.6 is 0 Å². The fourth-order valence-corrected chi connectivity index (χ4v) is 3.93. The Labute approximate surface area is 146 Å². The van der Waals surface area contributed by atoms with Crippen molar-refractivity contribution < 1.29 is 9.18 Å². The molecule has 0 aliphatic carbocycles. The second-order valence-electron chi connectivity index (χ2n) is 6.90. The normalized spacial score (nSPS) is 22.8. The van der Waals surface area contributed by atoms with Crippen molar-refractivity contribution in [2.24, 2.45) is 5.92 Å². The lowest BCUT2D eigenvalue weighted by molar-refractivity contribution is -0.134. The summed E-state index contributed by atoms with van der Waals surface area (Å²) in [6.45, 7) is 2.40. The summed E-state index contributed by atoms with van der Waals surface area (Å²) in [5.41, 5.74) is 0.730. The first-order valence-electron chi connectivity index (χ1n) is 8.75. The van der Waals surface area contributed by atoms with E-state index in [9.17, 15) is 9.18 Å². The van der Waals surface area contributed by atoms with Crippen LogP contribution in [0.4, 0.5) is 10.3 Å². The van der Waals surface area contributed by atoms with Gasteiger partial charge in [0.15, 0.2) is 0 Å². The number of benzene rings is 1. The zero-order valence-corrected chi connectivity index (χ0v) is 14.0. The molecule has 1 aromatic heterocycles. The number of fused-ring (bicyclic) bond motifs is 4. The van der Waals surface area contributed by atoms with Crippen LogP contribution in [0.1, 0.15) is 18.4 Å². The number of carbonyl (C=O) groups excluding carboxylic acids is 1. The van der Waals surface area contributed by atoms with Gasteiger partial charge in [0.25, 0.3) is 0 Å². The highest BCUT2D eigenvalue weighted by molar-refractivity contribution is 5.79. The molecule has 0 radical (unpaired) electrons. The van der Waals surface area contributed by atoms with Crippen molar-refractivity contribution in [2.75, 3.05) is 24.5 Å². The monoisotopic (exact) mass is 340 g/mol. The topological polar surface area (TPSA) is 49.3 Å². The number of hydrogen-bond acceptors (Lipinski definition) is 4. The molecule has 3 saturated heterocycles. The number of halogens is 1. The molecule has 0 saturated carbocycles. The standard InChI is InChI=1S/C19H21FN4O/c20-16-4-1-3-14(9-16)10-18(25)24-12-15-5-6-17(24)13-23(11-15)19-21-7-2-8-22-19/h1-4,7-9,15,17H,5-6,10-13H2/t15-,17+/m0/s1. The van der Waals surface area contributed by atoms with E-state index in [0.29, 0.717) is 5.92 Å². The lowest BCUT2D eigenvalue weighted by Gasteiger charge is -2.36. The van der Waals surface area contributed by atoms with E-state index in [0.717, 1.165) is 44.0 Å². The maximum absolute atomic E-state index is 13.4. The highest BCUT2D eigenvalue weighted by Gasteiger charge is 2.37. The molecular weight excluding hydrogens is 319 g/mol. The van der Waals surface area contributed by atoms with Gasteiger partial charge in [-0.15, -0.1) is 0 Å². The van der Waals surface area contributed by atoms with Gasteiger partial charge in [0.2, 0.25) is 11.9 Å². The minimum Gasteiger partial charge on any atom is -0.338 e. The number of anilines is 1. The Balaban J connectivity index is 1.49. The smallest absolute Gasteiger partial charge is 0.227 e. The third-order valence-electron chi connectivity index (χ3n) is 5.11. The molecule has 3 aliphatic rings. The summed E-state index contributed by atoms with van der Waals surface area (Å²) in [5.74, 6) is 0.948. The van der Waals surface area contributed by atoms with E-state index >= 15 is 0 Å². The van der Waals surface area contributed by atoms with Crippen LogP contribution in [0.3, 0.4) is 0 Å². The van der Waals surface area contributed by atoms with E-state index in [1.807, 2.05) is 11.0 Å². The van der Waals surface area contributed by atoms with E-state index < -0.39 is 0 Å². The molecule has 1 amide bonds. The van der Waals surface area contributed by atoms with Crippen LogP contribution in [-0.4, -0.2) is 46.5 Å². The minimum atomic E-state index is -0.296. The summed E-state index contributed by atoms with van der Waals surface area (Å²) in [6, 6.07) is 8.29. The molecule has 25 heavy (non-hydrogen) atoms. The predicted octanol–water partition coefficient (Wildman–Crippen LogP) is 2.29. The van der Waals surface area contributed by atoms with Crippen molar-refractivity contribution in [1.82, 2.24) is 14.9 Å². The number of carbonyl (C=O) groups is 1. The highest BCUT2D eigenvalue weighted by Crippen LogP contribution is 2.30. The number of piperidine rings is 1. The SMILES string of the molecule is O=C(Cc1cccc(F)c1)N1C[C@H]2CC[C@@H]1CN(c1ncccn1)C2. The molecule has 3 fully saturated rings. The van der Waals surface area contributed by atoms with Crippen molar-refractivity contribution in [3.05, 3.63) is 54.1 Å². The summed E-state index contributed by atoms with van der Waals surface area (Å²) in [6.07, 6.45) is 5.88. The first kappa shape index (κ1) is 16.0. The summed E-state index contributed by atoms with van der Waals surface area (Å²) in [4.78, 5) is 25.7. The molecule has 1 aromatic carbocycles. The maximum Gasteiger partial charge on any atom is 0.227 e. The van der Waals surface area contributed by atoms with E-state index in [2.05, 4.69) is 14.9 Å². The van der Waals surface area contributed by atoms with Crippen LogP contribution in [0.15, 0.2) is 42.7 Å². The molecule has 0 N–H and O–H groups in total. The Hall–Kier alpha value is -2.50. The number of rotatable bonds is 3. The molecule has 4 heterocycles. The van der Waals surface area contributed by atoms with E-state index in [1.54, 1.807) is 24.5 Å². The van der Waals surface area contributed by atoms with Crippen molar-refractivity contribution in [3.63, 3.8) is 0 Å². The fourth-order valence-electron chi connectivity index (χ4n) is 3.93. The number of nitrogens with zero attached hydrogens (tertiary/aromatic N) is 4. The zero-order valence-electron chi connectivity index (χ0n) is 14.0. The third kappa shape index (κ3) is 3.48. The van der Waals surface area contributed by atoms with Crippen molar-refractivity contribution in [2.45, 2.75) is 25.3 Å². The van der Waals surface area contributed by atoms with Gasteiger partial charge in [-0.2, -0.15) is 0 Å². The predicted molar refractivity (Wildman–Crippen MR) is 92.6 cm³/mol. The van der Waals surface area contributed by atoms with Gasteiger partial charge in [-0.05, 0) is 42.5 Å². The van der Waals surface area contributed by atoms with Crippen LogP contribution in [0.2, 0.25) is 0 Å². The quantitative estimate of drug-likeness (QED) is 0.860. The summed E-state index contributed by atoms with van der Waals surface area (Å²) in [5, 5.41) is 0. The second kappa shape index (κ2) is 6.78. The molecule has 2 atom stereocenters. The van der Waals surface area contributed by atoms with Gasteiger partial charge < -0.3 is 9.80 Å². The Kier molecular flexibility index (Phi) is 4.34. The largest absolute Gasteiger partial charge is 0.338 e. The van der Waals surface area contributed by atoms with Gasteiger partial charge in [-0.1, -0.05) is 12.1 Å². The molecular formula is C19H21FN4O. The molecule has 5 nitrogen and oxygen atoms in total. The summed E-state index contributed by atoms with van der Waals surface area (Å²) in [7, 11) is 0. The van der Waals surface area contributed by atoms with Gasteiger partial charge in [0.1, 0.15) is 5.82 Å². The second-order valence-corrected chi connectivity index (χ2v) is 6.90. The Morgan fingerprint density at radius 2 is 1.96 bits per heavy atom. The lowest BCUT2D eigenvalue weighted by atomic mass is 9.94. The van der Waals surface area contributed by atoms with Crippen LogP contribution in [0.5, 0.6) is 0 Å². The summed E-state index contributed by atoms with van der Waals surface area (Å²) < 4.78 is 13.4. The van der Waals surface area contributed by atoms with Crippen LogP contribution < -0.4 is 4.90 Å². The molecule has 2 bridgehead atoms. The Bertz CT molecular complexity index is 754. The molecule has 3 aliphatic heterocycles. The Morgan fingerprint density at radius 1 is 1.12 bits per heavy atom. The van der Waals surface area contributed by atoms with Gasteiger partial charge >= 0.3 is 0 Å². The first-order valence-corrected chi connectivity index (χ1v) is 8.75. The molecule has 130 valence electrons. The molecule has 2 aromatic rings. The van der Waals surface area contributed by atoms with Gasteiger partial charge in [-0.25, -0.2) is 14.4 Å². The van der Waals surface area contributed by atoms with E-state index in [1.165, 1.54) is 12.1 Å². The number of hydrogen-bond donors (Lipinski definition) is 0. The van der Waals surface area contributed by atoms with E-state index in [-0.39, 0.29) is 24.2 Å². The van der Waals surface area contributed by atoms with Gasteiger partial charge in [0.05, 0.1) is 6.42 Å². The molecule has 0 spiro atoms. The number of aromatic nitrogens is 2. The number of amides is 1. The van der Waals surface area contributed by atoms with Crippen molar-refractivity contribution >= 4 is 11.9 Å². The van der Waals surface area contributed by atoms with Crippen molar-refractivity contribution in [3.8, 4) is 0 Å². The fraction of sp³-hybridized carbons (Fsp3) is 0.421. The van der Waals surface area contributed by atoms with Crippen molar-refractivity contribution in [1.29, 1.82) is 0 Å². The molecule has 0 unspecified atom stereocenters. The molecule has 5 rings (SSSR count). The average molecular weight is 340 g/mol. The average Bonchev–Trinajstić information content (AvgIpc) is 2.94. The Morgan fingerprint density at radius 3 is 2.76 bits per heavy atom. The highest BCUT2D eigenvalue weighted by atomic mass is 19.1. The van der Waals surface area contributed by atoms with E-state index in [4.69, 9.17) is 0 Å². The van der Waals surface area contributed by atoms with Crippen LogP contribution in [0.25, 0.3) is 0 Å². The zero-order chi connectivity index (χ0) is 17.2. The lowest BCUT2D eigenvalue weighted by Crippen LogP contribution is -2.48.